The Morgan fingerprint density at radius 1 is 1.09 bits per heavy atom. The number of aryl methyl sites for hydroxylation is 1. The Morgan fingerprint density at radius 2 is 1.91 bits per heavy atom. The van der Waals surface area contributed by atoms with E-state index in [0.717, 1.165) is 35.5 Å². The van der Waals surface area contributed by atoms with Crippen molar-refractivity contribution in [3.05, 3.63) is 57.8 Å². The summed E-state index contributed by atoms with van der Waals surface area (Å²) >= 11 is 12.2. The van der Waals surface area contributed by atoms with Gasteiger partial charge in [0.25, 0.3) is 0 Å². The number of amides is 1. The SMILES string of the molecule is Cc1nc(-c2ccc(Cl)c(Cl)c2)n(CC(=O)N2CCCC2c2ccc3c(c2)OCCO3)n1. The van der Waals surface area contributed by atoms with Crippen molar-refractivity contribution in [1.82, 2.24) is 19.7 Å². The molecule has 32 heavy (non-hydrogen) atoms. The molecule has 0 aliphatic carbocycles. The molecule has 5 rings (SSSR count). The highest BCUT2D eigenvalue weighted by Gasteiger charge is 2.31. The number of halogens is 2. The molecule has 1 aromatic heterocycles. The first kappa shape index (κ1) is 21.1. The maximum absolute atomic E-state index is 13.3. The van der Waals surface area contributed by atoms with E-state index in [9.17, 15) is 4.79 Å². The molecular formula is C23H22Cl2N4O3. The lowest BCUT2D eigenvalue weighted by Crippen LogP contribution is -2.34. The van der Waals surface area contributed by atoms with Crippen molar-refractivity contribution < 1.29 is 14.3 Å². The highest BCUT2D eigenvalue weighted by molar-refractivity contribution is 6.42. The van der Waals surface area contributed by atoms with Gasteiger partial charge in [-0.15, -0.1) is 0 Å². The van der Waals surface area contributed by atoms with Crippen molar-refractivity contribution in [3.63, 3.8) is 0 Å². The van der Waals surface area contributed by atoms with Crippen molar-refractivity contribution in [2.45, 2.75) is 32.4 Å². The van der Waals surface area contributed by atoms with Gasteiger partial charge in [0.1, 0.15) is 25.6 Å². The maximum atomic E-state index is 13.3. The molecule has 9 heteroatoms. The van der Waals surface area contributed by atoms with E-state index >= 15 is 0 Å². The number of aromatic nitrogens is 3. The Bertz CT molecular complexity index is 1180. The van der Waals surface area contributed by atoms with Crippen LogP contribution in [0.25, 0.3) is 11.4 Å². The first-order chi connectivity index (χ1) is 15.5. The minimum Gasteiger partial charge on any atom is -0.486 e. The Labute approximate surface area is 195 Å². The third-order valence-corrected chi connectivity index (χ3v) is 6.50. The Balaban J connectivity index is 1.39. The second kappa shape index (κ2) is 8.64. The first-order valence-corrected chi connectivity index (χ1v) is 11.3. The van der Waals surface area contributed by atoms with Gasteiger partial charge in [0.05, 0.1) is 16.1 Å². The Hall–Kier alpha value is -2.77. The van der Waals surface area contributed by atoms with Crippen molar-refractivity contribution in [3.8, 4) is 22.9 Å². The van der Waals surface area contributed by atoms with Crippen LogP contribution in [0.15, 0.2) is 36.4 Å². The lowest BCUT2D eigenvalue weighted by molar-refractivity contribution is -0.133. The fraction of sp³-hybridized carbons (Fsp3) is 0.348. The number of likely N-dealkylation sites (tertiary alicyclic amines) is 1. The predicted molar refractivity (Wildman–Crippen MR) is 121 cm³/mol. The van der Waals surface area contributed by atoms with Crippen LogP contribution < -0.4 is 9.47 Å². The number of hydrogen-bond donors (Lipinski definition) is 0. The number of carbonyl (C=O) groups is 1. The van der Waals surface area contributed by atoms with Gasteiger partial charge in [0, 0.05) is 12.1 Å². The fourth-order valence-electron chi connectivity index (χ4n) is 4.31. The summed E-state index contributed by atoms with van der Waals surface area (Å²) in [6.07, 6.45) is 1.85. The molecule has 1 saturated heterocycles. The van der Waals surface area contributed by atoms with Gasteiger partial charge < -0.3 is 14.4 Å². The normalized spacial score (nSPS) is 17.6. The van der Waals surface area contributed by atoms with Crippen LogP contribution in [0.5, 0.6) is 11.5 Å². The van der Waals surface area contributed by atoms with Crippen LogP contribution >= 0.6 is 23.2 Å². The molecule has 0 saturated carbocycles. The molecule has 2 aliphatic heterocycles. The van der Waals surface area contributed by atoms with E-state index in [1.165, 1.54) is 0 Å². The van der Waals surface area contributed by atoms with Gasteiger partial charge in [-0.3, -0.25) is 4.79 Å². The summed E-state index contributed by atoms with van der Waals surface area (Å²) in [5, 5.41) is 5.35. The van der Waals surface area contributed by atoms with E-state index in [1.54, 1.807) is 23.7 Å². The third-order valence-electron chi connectivity index (χ3n) is 5.76. The predicted octanol–water partition coefficient (Wildman–Crippen LogP) is 4.70. The number of fused-ring (bicyclic) bond motifs is 1. The van der Waals surface area contributed by atoms with Gasteiger partial charge in [0.15, 0.2) is 17.3 Å². The number of ether oxygens (including phenoxy) is 2. The second-order valence-corrected chi connectivity index (χ2v) is 8.73. The summed E-state index contributed by atoms with van der Waals surface area (Å²) in [4.78, 5) is 19.8. The maximum Gasteiger partial charge on any atom is 0.244 e. The molecule has 2 aromatic carbocycles. The number of carbonyl (C=O) groups excluding carboxylic acids is 1. The van der Waals surface area contributed by atoms with Crippen LogP contribution in [0.2, 0.25) is 10.0 Å². The summed E-state index contributed by atoms with van der Waals surface area (Å²) in [7, 11) is 0. The van der Waals surface area contributed by atoms with Crippen molar-refractivity contribution in [2.75, 3.05) is 19.8 Å². The molecular weight excluding hydrogens is 451 g/mol. The molecule has 1 amide bonds. The topological polar surface area (TPSA) is 69.5 Å². The van der Waals surface area contributed by atoms with Crippen molar-refractivity contribution >= 4 is 29.1 Å². The van der Waals surface area contributed by atoms with Crippen LogP contribution in [0.1, 0.15) is 30.3 Å². The summed E-state index contributed by atoms with van der Waals surface area (Å²) in [6.45, 7) is 3.69. The molecule has 3 aromatic rings. The van der Waals surface area contributed by atoms with E-state index < -0.39 is 0 Å². The van der Waals surface area contributed by atoms with E-state index in [-0.39, 0.29) is 18.5 Å². The molecule has 2 aliphatic rings. The average Bonchev–Trinajstić information content (AvgIpc) is 3.42. The van der Waals surface area contributed by atoms with Crippen LogP contribution in [-0.4, -0.2) is 45.3 Å². The fourth-order valence-corrected chi connectivity index (χ4v) is 4.61. The number of rotatable bonds is 4. The smallest absolute Gasteiger partial charge is 0.244 e. The second-order valence-electron chi connectivity index (χ2n) is 7.92. The lowest BCUT2D eigenvalue weighted by Gasteiger charge is -2.27. The molecule has 1 fully saturated rings. The molecule has 0 bridgehead atoms. The minimum atomic E-state index is -0.00593. The number of nitrogens with zero attached hydrogens (tertiary/aromatic N) is 4. The average molecular weight is 473 g/mol. The van der Waals surface area contributed by atoms with Gasteiger partial charge in [0.2, 0.25) is 5.91 Å². The molecule has 7 nitrogen and oxygen atoms in total. The van der Waals surface area contributed by atoms with Crippen LogP contribution in [0.3, 0.4) is 0 Å². The number of benzene rings is 2. The number of hydrogen-bond acceptors (Lipinski definition) is 5. The quantitative estimate of drug-likeness (QED) is 0.550. The third kappa shape index (κ3) is 4.02. The molecule has 0 spiro atoms. The molecule has 0 N–H and O–H groups in total. The van der Waals surface area contributed by atoms with Gasteiger partial charge in [-0.05, 0) is 55.7 Å². The minimum absolute atomic E-state index is 0.00336. The van der Waals surface area contributed by atoms with E-state index in [2.05, 4.69) is 10.1 Å². The van der Waals surface area contributed by atoms with Gasteiger partial charge >= 0.3 is 0 Å². The summed E-state index contributed by atoms with van der Waals surface area (Å²) in [6, 6.07) is 11.2. The molecule has 1 atom stereocenters. The van der Waals surface area contributed by atoms with Gasteiger partial charge in [-0.2, -0.15) is 5.10 Å². The van der Waals surface area contributed by atoms with Gasteiger partial charge in [-0.25, -0.2) is 9.67 Å². The molecule has 1 unspecified atom stereocenters. The Morgan fingerprint density at radius 3 is 2.72 bits per heavy atom. The molecule has 3 heterocycles. The highest BCUT2D eigenvalue weighted by Crippen LogP contribution is 2.38. The van der Waals surface area contributed by atoms with E-state index in [4.69, 9.17) is 32.7 Å². The monoisotopic (exact) mass is 472 g/mol. The zero-order valence-electron chi connectivity index (χ0n) is 17.6. The zero-order chi connectivity index (χ0) is 22.2. The van der Waals surface area contributed by atoms with Crippen LogP contribution in [-0.2, 0) is 11.3 Å². The van der Waals surface area contributed by atoms with Crippen LogP contribution in [0.4, 0.5) is 0 Å². The summed E-state index contributed by atoms with van der Waals surface area (Å²) in [5.74, 6) is 2.66. The largest absolute Gasteiger partial charge is 0.486 e. The summed E-state index contributed by atoms with van der Waals surface area (Å²) in [5.41, 5.74) is 1.82. The van der Waals surface area contributed by atoms with Crippen molar-refractivity contribution in [2.24, 2.45) is 0 Å². The summed E-state index contributed by atoms with van der Waals surface area (Å²) < 4.78 is 13.0. The Kier molecular flexibility index (Phi) is 5.69. The van der Waals surface area contributed by atoms with Gasteiger partial charge in [-0.1, -0.05) is 29.3 Å². The first-order valence-electron chi connectivity index (χ1n) is 10.6. The zero-order valence-corrected chi connectivity index (χ0v) is 19.1. The van der Waals surface area contributed by atoms with Crippen molar-refractivity contribution in [1.29, 1.82) is 0 Å². The van der Waals surface area contributed by atoms with E-state index in [0.29, 0.717) is 41.5 Å². The lowest BCUT2D eigenvalue weighted by atomic mass is 10.0. The van der Waals surface area contributed by atoms with E-state index in [1.807, 2.05) is 29.2 Å². The molecule has 0 radical (unpaired) electrons. The standard InChI is InChI=1S/C23H22Cl2N4O3/c1-14-26-23(16-4-6-17(24)18(25)11-16)29(27-14)13-22(30)28-8-2-3-19(28)15-5-7-20-21(12-15)32-10-9-31-20/h4-7,11-12,19H,2-3,8-10,13H2,1H3. The van der Waals surface area contributed by atoms with Crippen LogP contribution in [0, 0.1) is 6.92 Å². The highest BCUT2D eigenvalue weighted by atomic mass is 35.5. The molecule has 166 valence electrons.